The van der Waals surface area contributed by atoms with Gasteiger partial charge in [0.05, 0.1) is 16.5 Å². The van der Waals surface area contributed by atoms with Crippen molar-refractivity contribution < 1.29 is 22.1 Å². The number of rotatable bonds is 6. The molecule has 1 heterocycles. The first-order valence-corrected chi connectivity index (χ1v) is 6.45. The summed E-state index contributed by atoms with van der Waals surface area (Å²) in [6.07, 6.45) is -2.62. The van der Waals surface area contributed by atoms with Gasteiger partial charge in [-0.2, -0.15) is 13.2 Å². The third kappa shape index (κ3) is 5.46. The molecule has 0 aliphatic rings. The molecule has 1 rings (SSSR count). The van der Waals surface area contributed by atoms with E-state index in [0.29, 0.717) is 5.69 Å². The van der Waals surface area contributed by atoms with Crippen LogP contribution >= 0.6 is 0 Å². The second kappa shape index (κ2) is 6.69. The lowest BCUT2D eigenvalue weighted by molar-refractivity contribution is -0.173. The van der Waals surface area contributed by atoms with Crippen molar-refractivity contribution >= 4 is 16.5 Å². The first-order valence-electron chi connectivity index (χ1n) is 5.13. The molecule has 1 aromatic heterocycles. The lowest BCUT2D eigenvalue weighted by Gasteiger charge is -2.07. The summed E-state index contributed by atoms with van der Waals surface area (Å²) in [6, 6.07) is 3.18. The fourth-order valence-electron chi connectivity index (χ4n) is 1.17. The molecule has 0 bridgehead atoms. The molecule has 0 fully saturated rings. The predicted octanol–water partition coefficient (Wildman–Crippen LogP) is 1.74. The van der Waals surface area contributed by atoms with Gasteiger partial charge in [0.15, 0.2) is 0 Å². The number of halogens is 3. The van der Waals surface area contributed by atoms with Gasteiger partial charge in [-0.25, -0.2) is 4.98 Å². The van der Waals surface area contributed by atoms with Gasteiger partial charge in [-0.05, 0) is 18.6 Å². The van der Waals surface area contributed by atoms with Crippen LogP contribution in [0.25, 0.3) is 0 Å². The third-order valence-corrected chi connectivity index (χ3v) is 3.33. The molecule has 102 valence electrons. The predicted molar refractivity (Wildman–Crippen MR) is 61.4 cm³/mol. The van der Waals surface area contributed by atoms with Crippen LogP contribution in [0.4, 0.5) is 18.9 Å². The third-order valence-electron chi connectivity index (χ3n) is 1.90. The van der Waals surface area contributed by atoms with Gasteiger partial charge >= 0.3 is 6.18 Å². The number of nitrogens with zero attached hydrogens (tertiary/aromatic N) is 1. The number of nitrogens with two attached hydrogens (primary N) is 1. The monoisotopic (exact) mass is 282 g/mol. The molecule has 0 aromatic carbocycles. The van der Waals surface area contributed by atoms with Gasteiger partial charge in [0.1, 0.15) is 11.6 Å². The van der Waals surface area contributed by atoms with E-state index in [-0.39, 0.29) is 23.8 Å². The summed E-state index contributed by atoms with van der Waals surface area (Å²) >= 11 is 0. The molecule has 0 saturated carbocycles. The molecule has 1 atom stereocenters. The van der Waals surface area contributed by atoms with Crippen molar-refractivity contribution in [3.8, 4) is 0 Å². The van der Waals surface area contributed by atoms with Gasteiger partial charge in [0, 0.05) is 18.6 Å². The molecule has 0 spiro atoms. The Bertz CT molecular complexity index is 412. The van der Waals surface area contributed by atoms with Crippen LogP contribution in [0.15, 0.2) is 23.4 Å². The van der Waals surface area contributed by atoms with Crippen LogP contribution in [0.1, 0.15) is 6.42 Å². The highest BCUT2D eigenvalue weighted by Crippen LogP contribution is 2.15. The molecule has 1 aromatic rings. The zero-order chi connectivity index (χ0) is 13.6. The van der Waals surface area contributed by atoms with E-state index in [9.17, 15) is 17.4 Å². The van der Waals surface area contributed by atoms with Crippen molar-refractivity contribution in [2.45, 2.75) is 17.6 Å². The van der Waals surface area contributed by atoms with E-state index in [0.717, 1.165) is 0 Å². The van der Waals surface area contributed by atoms with Crippen LogP contribution < -0.4 is 5.73 Å². The van der Waals surface area contributed by atoms with E-state index in [1.165, 1.54) is 6.20 Å². The van der Waals surface area contributed by atoms with Crippen LogP contribution in [0.3, 0.4) is 0 Å². The van der Waals surface area contributed by atoms with E-state index in [2.05, 4.69) is 9.72 Å². The molecule has 4 nitrogen and oxygen atoms in total. The molecular formula is C10H13F3N2O2S. The normalized spacial score (nSPS) is 13.5. The number of alkyl halides is 3. The van der Waals surface area contributed by atoms with Gasteiger partial charge in [0.25, 0.3) is 0 Å². The highest BCUT2D eigenvalue weighted by molar-refractivity contribution is 7.85. The largest absolute Gasteiger partial charge is 0.411 e. The maximum atomic E-state index is 11.7. The maximum Gasteiger partial charge on any atom is 0.411 e. The second-order valence-corrected chi connectivity index (χ2v) is 4.95. The number of hydrogen-bond acceptors (Lipinski definition) is 4. The Kier molecular flexibility index (Phi) is 5.54. The Morgan fingerprint density at radius 3 is 2.78 bits per heavy atom. The van der Waals surface area contributed by atoms with Crippen molar-refractivity contribution in [2.75, 3.05) is 24.7 Å². The Hall–Kier alpha value is -1.15. The minimum atomic E-state index is -4.33. The van der Waals surface area contributed by atoms with Crippen LogP contribution in [0.2, 0.25) is 0 Å². The van der Waals surface area contributed by atoms with Crippen LogP contribution in [0, 0.1) is 0 Å². The summed E-state index contributed by atoms with van der Waals surface area (Å²) in [5.41, 5.74) is 5.89. The summed E-state index contributed by atoms with van der Waals surface area (Å²) in [4.78, 5) is 3.87. The van der Waals surface area contributed by atoms with Crippen molar-refractivity contribution in [1.82, 2.24) is 4.98 Å². The number of hydrogen-bond donors (Lipinski definition) is 1. The molecule has 0 aliphatic heterocycles. The standard InChI is InChI=1S/C10H13F3N2O2S/c11-10(12,13)7-17-5-2-6-18(16)9-8(14)3-1-4-15-9/h1,3-4H,2,5-7,14H2. The first kappa shape index (κ1) is 14.9. The summed E-state index contributed by atoms with van der Waals surface area (Å²) in [7, 11) is -1.42. The second-order valence-electron chi connectivity index (χ2n) is 3.47. The molecule has 1 unspecified atom stereocenters. The SMILES string of the molecule is Nc1cccnc1S(=O)CCCOCC(F)(F)F. The summed E-state index contributed by atoms with van der Waals surface area (Å²) in [6.45, 7) is -1.39. The van der Waals surface area contributed by atoms with Crippen LogP contribution in [-0.4, -0.2) is 34.3 Å². The van der Waals surface area contributed by atoms with Gasteiger partial charge < -0.3 is 10.5 Å². The van der Waals surface area contributed by atoms with E-state index in [4.69, 9.17) is 5.73 Å². The average molecular weight is 282 g/mol. The van der Waals surface area contributed by atoms with E-state index in [1.807, 2.05) is 0 Å². The van der Waals surface area contributed by atoms with Crippen LogP contribution in [-0.2, 0) is 15.5 Å². The number of anilines is 1. The van der Waals surface area contributed by atoms with Gasteiger partial charge in [-0.1, -0.05) is 0 Å². The number of aromatic nitrogens is 1. The van der Waals surface area contributed by atoms with E-state index in [1.54, 1.807) is 12.1 Å². The minimum absolute atomic E-state index is 0.0992. The van der Waals surface area contributed by atoms with E-state index < -0.39 is 23.6 Å². The fourth-order valence-corrected chi connectivity index (χ4v) is 2.25. The van der Waals surface area contributed by atoms with Crippen LogP contribution in [0.5, 0.6) is 0 Å². The Labute approximate surface area is 105 Å². The zero-order valence-electron chi connectivity index (χ0n) is 9.44. The first-order chi connectivity index (χ1) is 8.40. The fraction of sp³-hybridized carbons (Fsp3) is 0.500. The molecule has 0 saturated heterocycles. The van der Waals surface area contributed by atoms with E-state index >= 15 is 0 Å². The number of ether oxygens (including phenoxy) is 1. The van der Waals surface area contributed by atoms with Gasteiger partial charge in [-0.3, -0.25) is 4.21 Å². The van der Waals surface area contributed by atoms with Gasteiger partial charge in [-0.15, -0.1) is 0 Å². The number of pyridine rings is 1. The minimum Gasteiger partial charge on any atom is -0.396 e. The highest BCUT2D eigenvalue weighted by atomic mass is 32.2. The van der Waals surface area contributed by atoms with Crippen molar-refractivity contribution in [1.29, 1.82) is 0 Å². The number of nitrogen functional groups attached to an aromatic ring is 1. The van der Waals surface area contributed by atoms with Crippen molar-refractivity contribution in [3.63, 3.8) is 0 Å². The summed E-state index contributed by atoms with van der Waals surface area (Å²) in [5.74, 6) is 0.166. The molecular weight excluding hydrogens is 269 g/mol. The Morgan fingerprint density at radius 1 is 1.44 bits per heavy atom. The molecule has 2 N–H and O–H groups in total. The topological polar surface area (TPSA) is 65.2 Å². The summed E-state index contributed by atoms with van der Waals surface area (Å²) < 4.78 is 51.4. The Balaban J connectivity index is 2.28. The lowest BCUT2D eigenvalue weighted by Crippen LogP contribution is -2.18. The summed E-state index contributed by atoms with van der Waals surface area (Å²) in [5, 5.41) is 0.258. The average Bonchev–Trinajstić information content (AvgIpc) is 2.27. The molecule has 8 heteroatoms. The molecule has 0 aliphatic carbocycles. The zero-order valence-corrected chi connectivity index (χ0v) is 10.3. The van der Waals surface area contributed by atoms with Gasteiger partial charge in [0.2, 0.25) is 0 Å². The highest BCUT2D eigenvalue weighted by Gasteiger charge is 2.27. The van der Waals surface area contributed by atoms with Crippen molar-refractivity contribution in [3.05, 3.63) is 18.3 Å². The molecule has 0 radical (unpaired) electrons. The smallest absolute Gasteiger partial charge is 0.396 e. The Morgan fingerprint density at radius 2 is 2.17 bits per heavy atom. The maximum absolute atomic E-state index is 11.7. The van der Waals surface area contributed by atoms with Crippen molar-refractivity contribution in [2.24, 2.45) is 0 Å². The lowest BCUT2D eigenvalue weighted by atomic mass is 10.4. The quantitative estimate of drug-likeness (QED) is 0.807. The molecule has 18 heavy (non-hydrogen) atoms. The molecule has 0 amide bonds.